The molecule has 2 aromatic rings. The third-order valence-corrected chi connectivity index (χ3v) is 6.08. The Labute approximate surface area is 168 Å². The summed E-state index contributed by atoms with van der Waals surface area (Å²) < 4.78 is 0. The van der Waals surface area contributed by atoms with Crippen LogP contribution in [0.25, 0.3) is 0 Å². The molecule has 2 fully saturated rings. The maximum Gasteiger partial charge on any atom is 0.253 e. The molecule has 28 heavy (non-hydrogen) atoms. The van der Waals surface area contributed by atoms with E-state index in [0.29, 0.717) is 17.1 Å². The number of nitrogens with zero attached hydrogens (tertiary/aromatic N) is 2. The molecule has 3 heterocycles. The number of carbonyl (C=O) groups excluding carboxylic acids is 2. The van der Waals surface area contributed by atoms with Crippen LogP contribution in [0.5, 0.6) is 0 Å². The van der Waals surface area contributed by atoms with E-state index in [1.807, 2.05) is 35.2 Å². The summed E-state index contributed by atoms with van der Waals surface area (Å²) in [6, 6.07) is 12.8. The normalized spacial score (nSPS) is 23.4. The van der Waals surface area contributed by atoms with E-state index < -0.39 is 0 Å². The lowest BCUT2D eigenvalue weighted by Crippen LogP contribution is -2.35. The summed E-state index contributed by atoms with van der Waals surface area (Å²) >= 11 is 5.97. The number of nitrogens with one attached hydrogen (secondary N) is 2. The number of hydrogen-bond donors (Lipinski definition) is 2. The minimum atomic E-state index is -0.222. The van der Waals surface area contributed by atoms with E-state index in [4.69, 9.17) is 11.6 Å². The Morgan fingerprint density at radius 3 is 2.57 bits per heavy atom. The SMILES string of the molecule is O=C(c1ccc2c(c1)C1NN(c3ccc(Cl)cc3)C(=O)C1CN2)N1CCCC1. The number of carbonyl (C=O) groups is 2. The lowest BCUT2D eigenvalue weighted by atomic mass is 9.88. The quantitative estimate of drug-likeness (QED) is 0.818. The van der Waals surface area contributed by atoms with Gasteiger partial charge in [-0.15, -0.1) is 0 Å². The molecule has 0 aromatic heterocycles. The number of fused-ring (bicyclic) bond motifs is 3. The molecular weight excluding hydrogens is 376 g/mol. The molecule has 5 rings (SSSR count). The van der Waals surface area contributed by atoms with Crippen LogP contribution in [0.15, 0.2) is 42.5 Å². The number of hydrazine groups is 1. The van der Waals surface area contributed by atoms with Crippen molar-refractivity contribution in [1.29, 1.82) is 0 Å². The van der Waals surface area contributed by atoms with Gasteiger partial charge in [-0.2, -0.15) is 0 Å². The second-order valence-corrected chi connectivity index (χ2v) is 7.98. The van der Waals surface area contributed by atoms with Gasteiger partial charge < -0.3 is 10.2 Å². The van der Waals surface area contributed by atoms with Crippen LogP contribution in [0.1, 0.15) is 34.8 Å². The van der Waals surface area contributed by atoms with Crippen molar-refractivity contribution in [3.05, 3.63) is 58.6 Å². The van der Waals surface area contributed by atoms with E-state index in [2.05, 4.69) is 10.7 Å². The van der Waals surface area contributed by atoms with Gasteiger partial charge in [0.1, 0.15) is 0 Å². The predicted octanol–water partition coefficient (Wildman–Crippen LogP) is 3.21. The summed E-state index contributed by atoms with van der Waals surface area (Å²) in [7, 11) is 0. The summed E-state index contributed by atoms with van der Waals surface area (Å²) in [6.07, 6.45) is 2.13. The van der Waals surface area contributed by atoms with Crippen LogP contribution in [0.3, 0.4) is 0 Å². The summed E-state index contributed by atoms with van der Waals surface area (Å²) in [5.41, 5.74) is 6.72. The molecule has 3 aliphatic rings. The topological polar surface area (TPSA) is 64.7 Å². The second-order valence-electron chi connectivity index (χ2n) is 7.55. The van der Waals surface area contributed by atoms with Gasteiger partial charge in [-0.05, 0) is 60.9 Å². The maximum absolute atomic E-state index is 13.0. The molecule has 2 saturated heterocycles. The van der Waals surface area contributed by atoms with Crippen LogP contribution in [-0.2, 0) is 4.79 Å². The zero-order valence-corrected chi connectivity index (χ0v) is 16.1. The minimum absolute atomic E-state index is 0.0155. The zero-order valence-electron chi connectivity index (χ0n) is 15.3. The lowest BCUT2D eigenvalue weighted by Gasteiger charge is -2.28. The molecule has 2 atom stereocenters. The Bertz CT molecular complexity index is 940. The standard InChI is InChI=1S/C21H21ClN4O2/c22-14-4-6-15(7-5-14)26-21(28)17-12-23-18-8-3-13(11-16(18)19(17)24-26)20(27)25-9-1-2-10-25/h3-8,11,17,19,23-24H,1-2,9-10,12H2. The van der Waals surface area contributed by atoms with Crippen LogP contribution in [0.4, 0.5) is 11.4 Å². The smallest absolute Gasteiger partial charge is 0.253 e. The van der Waals surface area contributed by atoms with Gasteiger partial charge in [-0.25, -0.2) is 10.4 Å². The van der Waals surface area contributed by atoms with Gasteiger partial charge in [0, 0.05) is 35.9 Å². The van der Waals surface area contributed by atoms with Crippen molar-refractivity contribution in [3.8, 4) is 0 Å². The summed E-state index contributed by atoms with van der Waals surface area (Å²) in [4.78, 5) is 27.7. The number of amides is 2. The Kier molecular flexibility index (Phi) is 4.25. The van der Waals surface area contributed by atoms with Crippen LogP contribution in [0, 0.1) is 5.92 Å². The van der Waals surface area contributed by atoms with Crippen molar-refractivity contribution in [3.63, 3.8) is 0 Å². The van der Waals surface area contributed by atoms with E-state index in [9.17, 15) is 9.59 Å². The monoisotopic (exact) mass is 396 g/mol. The average Bonchev–Trinajstić information content (AvgIpc) is 3.36. The summed E-state index contributed by atoms with van der Waals surface area (Å²) in [5, 5.41) is 5.57. The fourth-order valence-corrected chi connectivity index (χ4v) is 4.45. The van der Waals surface area contributed by atoms with Crippen LogP contribution in [-0.4, -0.2) is 36.3 Å². The molecule has 2 aromatic carbocycles. The molecule has 3 aliphatic heterocycles. The molecule has 0 spiro atoms. The lowest BCUT2D eigenvalue weighted by molar-refractivity contribution is -0.120. The van der Waals surface area contributed by atoms with Gasteiger partial charge in [0.15, 0.2) is 0 Å². The molecule has 0 bridgehead atoms. The van der Waals surface area contributed by atoms with Crippen molar-refractivity contribution in [1.82, 2.24) is 10.3 Å². The van der Waals surface area contributed by atoms with Gasteiger partial charge in [-0.1, -0.05) is 11.6 Å². The molecule has 2 amide bonds. The first-order valence-electron chi connectivity index (χ1n) is 9.64. The highest BCUT2D eigenvalue weighted by Gasteiger charge is 2.44. The molecular formula is C21H21ClN4O2. The molecule has 0 radical (unpaired) electrons. The Morgan fingerprint density at radius 1 is 1.07 bits per heavy atom. The minimum Gasteiger partial charge on any atom is -0.384 e. The van der Waals surface area contributed by atoms with E-state index in [-0.39, 0.29) is 23.8 Å². The second kappa shape index (κ2) is 6.79. The van der Waals surface area contributed by atoms with Crippen molar-refractivity contribution < 1.29 is 9.59 Å². The first-order valence-corrected chi connectivity index (χ1v) is 10.0. The predicted molar refractivity (Wildman–Crippen MR) is 108 cm³/mol. The van der Waals surface area contributed by atoms with Crippen molar-refractivity contribution in [2.45, 2.75) is 18.9 Å². The summed E-state index contributed by atoms with van der Waals surface area (Å²) in [6.45, 7) is 2.20. The third-order valence-electron chi connectivity index (χ3n) is 5.83. The number of likely N-dealkylation sites (tertiary alicyclic amines) is 1. The Hall–Kier alpha value is -2.57. The summed E-state index contributed by atoms with van der Waals surface area (Å²) in [5.74, 6) is -0.136. The Morgan fingerprint density at radius 2 is 1.82 bits per heavy atom. The van der Waals surface area contributed by atoms with Gasteiger partial charge in [0.2, 0.25) is 5.91 Å². The highest BCUT2D eigenvalue weighted by atomic mass is 35.5. The average molecular weight is 397 g/mol. The Balaban J connectivity index is 1.46. The third kappa shape index (κ3) is 2.84. The fourth-order valence-electron chi connectivity index (χ4n) is 4.32. The van der Waals surface area contributed by atoms with Gasteiger partial charge in [-0.3, -0.25) is 9.59 Å². The molecule has 7 heteroatoms. The van der Waals surface area contributed by atoms with Crippen LogP contribution < -0.4 is 15.8 Å². The van der Waals surface area contributed by atoms with E-state index >= 15 is 0 Å². The van der Waals surface area contributed by atoms with Crippen LogP contribution in [0.2, 0.25) is 5.02 Å². The van der Waals surface area contributed by atoms with E-state index in [1.165, 1.54) is 0 Å². The molecule has 6 nitrogen and oxygen atoms in total. The van der Waals surface area contributed by atoms with Crippen molar-refractivity contribution in [2.24, 2.45) is 5.92 Å². The van der Waals surface area contributed by atoms with Crippen molar-refractivity contribution >= 4 is 34.8 Å². The van der Waals surface area contributed by atoms with Crippen LogP contribution >= 0.6 is 11.6 Å². The maximum atomic E-state index is 13.0. The molecule has 144 valence electrons. The number of anilines is 2. The number of hydrogen-bond acceptors (Lipinski definition) is 4. The largest absolute Gasteiger partial charge is 0.384 e. The van der Waals surface area contributed by atoms with Gasteiger partial charge in [0.05, 0.1) is 17.6 Å². The number of rotatable bonds is 2. The van der Waals surface area contributed by atoms with Gasteiger partial charge in [0.25, 0.3) is 5.91 Å². The van der Waals surface area contributed by atoms with E-state index in [1.54, 1.807) is 17.1 Å². The first-order chi connectivity index (χ1) is 13.6. The highest BCUT2D eigenvalue weighted by molar-refractivity contribution is 6.30. The zero-order chi connectivity index (χ0) is 19.3. The van der Waals surface area contributed by atoms with Gasteiger partial charge >= 0.3 is 0 Å². The van der Waals surface area contributed by atoms with Crippen molar-refractivity contribution in [2.75, 3.05) is 30.0 Å². The number of halogens is 1. The first kappa shape index (κ1) is 17.5. The molecule has 2 unspecified atom stereocenters. The fraction of sp³-hybridized carbons (Fsp3) is 0.333. The highest BCUT2D eigenvalue weighted by Crippen LogP contribution is 2.40. The molecule has 0 saturated carbocycles. The molecule has 2 N–H and O–H groups in total. The van der Waals surface area contributed by atoms with E-state index in [0.717, 1.165) is 42.9 Å². The number of benzene rings is 2. The molecule has 0 aliphatic carbocycles.